The lowest BCUT2D eigenvalue weighted by atomic mass is 10.2. The van der Waals surface area contributed by atoms with Crippen LogP contribution in [0.2, 0.25) is 5.28 Å². The summed E-state index contributed by atoms with van der Waals surface area (Å²) < 4.78 is 0. The highest BCUT2D eigenvalue weighted by Crippen LogP contribution is 2.32. The van der Waals surface area contributed by atoms with E-state index in [4.69, 9.17) is 17.3 Å². The van der Waals surface area contributed by atoms with E-state index in [0.717, 1.165) is 12.8 Å². The number of nitrogens with one attached hydrogen (secondary N) is 1. The van der Waals surface area contributed by atoms with E-state index in [1.165, 1.54) is 6.20 Å². The summed E-state index contributed by atoms with van der Waals surface area (Å²) >= 11 is 5.63. The molecule has 0 amide bonds. The standard InChI is InChI=1S/C9H13ClN4O/c10-9-13-3-6(11)8(14-9)12-4-7(15)5-1-2-5/h3,5,7,15H,1-2,4,11H2,(H,12,13,14). The fourth-order valence-corrected chi connectivity index (χ4v) is 1.49. The minimum Gasteiger partial charge on any atom is -0.394 e. The molecule has 1 aromatic heterocycles. The van der Waals surface area contributed by atoms with Crippen LogP contribution in [0.15, 0.2) is 6.20 Å². The van der Waals surface area contributed by atoms with Crippen LogP contribution in [0.3, 0.4) is 0 Å². The quantitative estimate of drug-likeness (QED) is 0.667. The monoisotopic (exact) mass is 228 g/mol. The van der Waals surface area contributed by atoms with Crippen molar-refractivity contribution >= 4 is 23.1 Å². The first-order valence-electron chi connectivity index (χ1n) is 4.87. The lowest BCUT2D eigenvalue weighted by Crippen LogP contribution is -2.22. The van der Waals surface area contributed by atoms with Crippen molar-refractivity contribution in [2.45, 2.75) is 18.9 Å². The number of halogens is 1. The molecule has 6 heteroatoms. The van der Waals surface area contributed by atoms with Crippen LogP contribution in [-0.2, 0) is 0 Å². The van der Waals surface area contributed by atoms with Gasteiger partial charge >= 0.3 is 0 Å². The normalized spacial score (nSPS) is 17.5. The van der Waals surface area contributed by atoms with Gasteiger partial charge in [0.1, 0.15) is 0 Å². The fourth-order valence-electron chi connectivity index (χ4n) is 1.36. The Kier molecular flexibility index (Phi) is 2.93. The molecule has 4 N–H and O–H groups in total. The summed E-state index contributed by atoms with van der Waals surface area (Å²) in [7, 11) is 0. The van der Waals surface area contributed by atoms with Crippen molar-refractivity contribution in [3.05, 3.63) is 11.5 Å². The van der Waals surface area contributed by atoms with E-state index >= 15 is 0 Å². The second-order valence-corrected chi connectivity index (χ2v) is 4.07. The van der Waals surface area contributed by atoms with Crippen LogP contribution >= 0.6 is 11.6 Å². The maximum absolute atomic E-state index is 9.63. The third kappa shape index (κ3) is 2.70. The molecule has 1 fully saturated rings. The van der Waals surface area contributed by atoms with Gasteiger partial charge in [-0.15, -0.1) is 0 Å². The number of aliphatic hydroxyl groups excluding tert-OH is 1. The molecule has 1 heterocycles. The van der Waals surface area contributed by atoms with E-state index in [1.54, 1.807) is 0 Å². The number of hydrogen-bond donors (Lipinski definition) is 3. The van der Waals surface area contributed by atoms with Crippen LogP contribution in [0, 0.1) is 5.92 Å². The maximum Gasteiger partial charge on any atom is 0.224 e. The zero-order valence-corrected chi connectivity index (χ0v) is 8.91. The number of anilines is 2. The minimum absolute atomic E-state index is 0.146. The van der Waals surface area contributed by atoms with Crippen molar-refractivity contribution in [3.8, 4) is 0 Å². The highest BCUT2D eigenvalue weighted by molar-refractivity contribution is 6.28. The summed E-state index contributed by atoms with van der Waals surface area (Å²) in [4.78, 5) is 7.67. The van der Waals surface area contributed by atoms with Crippen LogP contribution in [0.1, 0.15) is 12.8 Å². The van der Waals surface area contributed by atoms with Crippen molar-refractivity contribution in [2.75, 3.05) is 17.6 Å². The Balaban J connectivity index is 1.94. The summed E-state index contributed by atoms with van der Waals surface area (Å²) in [5.41, 5.74) is 6.07. The van der Waals surface area contributed by atoms with Crippen LogP contribution in [-0.4, -0.2) is 27.7 Å². The molecule has 1 saturated carbocycles. The molecule has 5 nitrogen and oxygen atoms in total. The van der Waals surface area contributed by atoms with Gasteiger partial charge < -0.3 is 16.2 Å². The Morgan fingerprint density at radius 1 is 1.67 bits per heavy atom. The topological polar surface area (TPSA) is 84.1 Å². The van der Waals surface area contributed by atoms with Gasteiger partial charge in [0.25, 0.3) is 0 Å². The van der Waals surface area contributed by atoms with E-state index < -0.39 is 0 Å². The lowest BCUT2D eigenvalue weighted by molar-refractivity contribution is 0.164. The predicted molar refractivity (Wildman–Crippen MR) is 58.7 cm³/mol. The average Bonchev–Trinajstić information content (AvgIpc) is 3.02. The summed E-state index contributed by atoms with van der Waals surface area (Å²) in [6.45, 7) is 0.447. The van der Waals surface area contributed by atoms with Gasteiger partial charge in [0.15, 0.2) is 5.82 Å². The second-order valence-electron chi connectivity index (χ2n) is 3.73. The van der Waals surface area contributed by atoms with E-state index in [9.17, 15) is 5.11 Å². The van der Waals surface area contributed by atoms with Crippen molar-refractivity contribution < 1.29 is 5.11 Å². The van der Waals surface area contributed by atoms with Gasteiger partial charge in [0, 0.05) is 6.54 Å². The largest absolute Gasteiger partial charge is 0.394 e. The molecule has 82 valence electrons. The zero-order valence-electron chi connectivity index (χ0n) is 8.15. The van der Waals surface area contributed by atoms with E-state index in [-0.39, 0.29) is 11.4 Å². The van der Waals surface area contributed by atoms with Gasteiger partial charge in [0.2, 0.25) is 5.28 Å². The number of nitrogen functional groups attached to an aromatic ring is 1. The molecule has 0 bridgehead atoms. The van der Waals surface area contributed by atoms with Gasteiger partial charge in [-0.2, -0.15) is 4.98 Å². The SMILES string of the molecule is Nc1cnc(Cl)nc1NCC(O)C1CC1. The molecule has 2 rings (SSSR count). The first-order valence-corrected chi connectivity index (χ1v) is 5.24. The highest BCUT2D eigenvalue weighted by Gasteiger charge is 2.29. The highest BCUT2D eigenvalue weighted by atomic mass is 35.5. The van der Waals surface area contributed by atoms with Crippen molar-refractivity contribution in [1.29, 1.82) is 0 Å². The summed E-state index contributed by atoms with van der Waals surface area (Å²) in [6, 6.07) is 0. The summed E-state index contributed by atoms with van der Waals surface area (Å²) in [5.74, 6) is 0.908. The molecule has 0 spiro atoms. The van der Waals surface area contributed by atoms with Gasteiger partial charge in [-0.05, 0) is 30.4 Å². The minimum atomic E-state index is -0.335. The fraction of sp³-hybridized carbons (Fsp3) is 0.556. The maximum atomic E-state index is 9.63. The lowest BCUT2D eigenvalue weighted by Gasteiger charge is -2.12. The van der Waals surface area contributed by atoms with Gasteiger partial charge in [-0.3, -0.25) is 0 Å². The molecule has 0 radical (unpaired) electrons. The molecule has 1 aliphatic carbocycles. The van der Waals surface area contributed by atoms with Crippen LogP contribution in [0.5, 0.6) is 0 Å². The molecule has 1 atom stereocenters. The van der Waals surface area contributed by atoms with E-state index in [2.05, 4.69) is 15.3 Å². The first-order chi connectivity index (χ1) is 7.16. The molecule has 0 aliphatic heterocycles. The van der Waals surface area contributed by atoms with E-state index in [1.807, 2.05) is 0 Å². The zero-order chi connectivity index (χ0) is 10.8. The summed E-state index contributed by atoms with van der Waals surface area (Å²) in [5, 5.41) is 12.7. The number of aliphatic hydroxyl groups is 1. The Morgan fingerprint density at radius 3 is 3.07 bits per heavy atom. The number of nitrogens with zero attached hydrogens (tertiary/aromatic N) is 2. The third-order valence-corrected chi connectivity index (χ3v) is 2.61. The van der Waals surface area contributed by atoms with Crippen molar-refractivity contribution in [3.63, 3.8) is 0 Å². The van der Waals surface area contributed by atoms with Gasteiger partial charge in [-0.25, -0.2) is 4.98 Å². The average molecular weight is 229 g/mol. The number of aromatic nitrogens is 2. The van der Waals surface area contributed by atoms with Crippen LogP contribution in [0.4, 0.5) is 11.5 Å². The smallest absolute Gasteiger partial charge is 0.224 e. The molecule has 15 heavy (non-hydrogen) atoms. The Bertz CT molecular complexity index is 356. The Labute approximate surface area is 92.7 Å². The number of rotatable bonds is 4. The molecular formula is C9H13ClN4O. The molecule has 0 aromatic carbocycles. The summed E-state index contributed by atoms with van der Waals surface area (Å²) in [6.07, 6.45) is 3.31. The van der Waals surface area contributed by atoms with Crippen LogP contribution < -0.4 is 11.1 Å². The molecular weight excluding hydrogens is 216 g/mol. The Hall–Kier alpha value is -1.07. The third-order valence-electron chi connectivity index (χ3n) is 2.43. The van der Waals surface area contributed by atoms with Crippen LogP contribution in [0.25, 0.3) is 0 Å². The van der Waals surface area contributed by atoms with Gasteiger partial charge in [0.05, 0.1) is 18.0 Å². The number of nitrogens with two attached hydrogens (primary N) is 1. The van der Waals surface area contributed by atoms with Crippen molar-refractivity contribution in [1.82, 2.24) is 9.97 Å². The molecule has 0 saturated heterocycles. The molecule has 1 unspecified atom stereocenters. The Morgan fingerprint density at radius 2 is 2.40 bits per heavy atom. The van der Waals surface area contributed by atoms with Crippen molar-refractivity contribution in [2.24, 2.45) is 5.92 Å². The van der Waals surface area contributed by atoms with E-state index in [0.29, 0.717) is 24.0 Å². The molecule has 1 aromatic rings. The first kappa shape index (κ1) is 10.4. The predicted octanol–water partition coefficient (Wildman–Crippen LogP) is 0.895. The van der Waals surface area contributed by atoms with Gasteiger partial charge in [-0.1, -0.05) is 0 Å². The number of hydrogen-bond acceptors (Lipinski definition) is 5. The second kappa shape index (κ2) is 4.20. The molecule has 1 aliphatic rings.